The van der Waals surface area contributed by atoms with Gasteiger partial charge in [0.2, 0.25) is 0 Å². The number of hydrogen-bond acceptors (Lipinski definition) is 3. The maximum Gasteiger partial charge on any atom is 0.188 e. The topological polar surface area (TPSA) is 49.3 Å². The van der Waals surface area contributed by atoms with E-state index in [1.807, 2.05) is 18.2 Å². The first kappa shape index (κ1) is 16.4. The first-order valence-electron chi connectivity index (χ1n) is 6.15. The number of carbonyl (C=O) groups is 1. The summed E-state index contributed by atoms with van der Waals surface area (Å²) >= 11 is 6.21. The van der Waals surface area contributed by atoms with Crippen molar-refractivity contribution in [3.8, 4) is 0 Å². The fourth-order valence-corrected chi connectivity index (χ4v) is 3.12. The van der Waals surface area contributed by atoms with E-state index in [4.69, 9.17) is 11.6 Å². The molecule has 0 amide bonds. The maximum absolute atomic E-state index is 12.6. The van der Waals surface area contributed by atoms with E-state index in [-0.39, 0.29) is 18.2 Å². The molecule has 0 unspecified atom stereocenters. The third-order valence-electron chi connectivity index (χ3n) is 3.85. The summed E-state index contributed by atoms with van der Waals surface area (Å²) in [5.74, 6) is -0.197. The number of benzene rings is 1. The zero-order valence-corrected chi connectivity index (χ0v) is 12.6. The van der Waals surface area contributed by atoms with Crippen molar-refractivity contribution in [3.63, 3.8) is 0 Å². The molecule has 1 saturated carbocycles. The van der Waals surface area contributed by atoms with Gasteiger partial charge in [0.25, 0.3) is 0 Å². The van der Waals surface area contributed by atoms with Crippen molar-refractivity contribution in [2.24, 2.45) is 0 Å². The molecule has 106 valence electrons. The fourth-order valence-electron chi connectivity index (χ4n) is 2.82. The van der Waals surface area contributed by atoms with E-state index in [0.717, 1.165) is 12.0 Å². The molecule has 0 radical (unpaired) electrons. The van der Waals surface area contributed by atoms with Crippen LogP contribution in [0.3, 0.4) is 0 Å². The number of rotatable bonds is 2. The predicted octanol–water partition coefficient (Wildman–Crippen LogP) is 2.68. The predicted molar refractivity (Wildman–Crippen MR) is 78.9 cm³/mol. The Hall–Kier alpha value is -0.610. The van der Waals surface area contributed by atoms with Crippen molar-refractivity contribution in [1.82, 2.24) is 5.32 Å². The molecule has 0 bridgehead atoms. The van der Waals surface area contributed by atoms with E-state index in [1.165, 1.54) is 0 Å². The second-order valence-electron chi connectivity index (χ2n) is 5.09. The number of nitrogens with one attached hydrogen (secondary N) is 1. The average Bonchev–Trinajstić information content (AvgIpc) is 2.34. The maximum atomic E-state index is 12.6. The van der Waals surface area contributed by atoms with Gasteiger partial charge in [0.15, 0.2) is 5.78 Å². The molecule has 19 heavy (non-hydrogen) atoms. The molecular weight excluding hydrogens is 285 g/mol. The molecule has 0 heterocycles. The molecule has 0 saturated heterocycles. The molecule has 2 rings (SSSR count). The highest BCUT2D eigenvalue weighted by atomic mass is 35.5. The normalized spacial score (nSPS) is 30.8. The highest BCUT2D eigenvalue weighted by molar-refractivity contribution is 6.31. The Morgan fingerprint density at radius 2 is 1.95 bits per heavy atom. The summed E-state index contributed by atoms with van der Waals surface area (Å²) < 4.78 is 0. The lowest BCUT2D eigenvalue weighted by Gasteiger charge is -2.42. The van der Waals surface area contributed by atoms with Crippen LogP contribution in [-0.2, 0) is 10.3 Å². The smallest absolute Gasteiger partial charge is 0.188 e. The molecule has 1 aliphatic rings. The van der Waals surface area contributed by atoms with Gasteiger partial charge in [-0.1, -0.05) is 29.8 Å². The molecule has 1 aliphatic carbocycles. The Labute approximate surface area is 124 Å². The highest BCUT2D eigenvalue weighted by Gasteiger charge is 2.51. The minimum absolute atomic E-state index is 0. The van der Waals surface area contributed by atoms with Crippen molar-refractivity contribution in [2.75, 3.05) is 7.05 Å². The first-order chi connectivity index (χ1) is 8.44. The fraction of sp³-hybridized carbons (Fsp3) is 0.500. The van der Waals surface area contributed by atoms with Crippen molar-refractivity contribution in [2.45, 2.75) is 37.3 Å². The number of Topliss-reactive ketones (excluding diaryl/α,β-unsaturated/α-hetero) is 1. The number of halogens is 2. The zero-order chi connectivity index (χ0) is 13.4. The Bertz CT molecular complexity index is 476. The number of carbonyl (C=O) groups excluding carboxylic acids is 1. The van der Waals surface area contributed by atoms with Crippen LogP contribution in [0.4, 0.5) is 0 Å². The van der Waals surface area contributed by atoms with Gasteiger partial charge in [-0.25, -0.2) is 0 Å². The van der Waals surface area contributed by atoms with Crippen molar-refractivity contribution >= 4 is 29.8 Å². The Kier molecular flexibility index (Phi) is 5.02. The summed E-state index contributed by atoms with van der Waals surface area (Å²) in [6.07, 6.45) is 1.94. The third kappa shape index (κ3) is 2.65. The SMILES string of the molecule is CN[C@@]1(c2ccccc2Cl)CCC[C@@](C)(O)C1=O.Cl. The molecule has 2 N–H and O–H groups in total. The first-order valence-corrected chi connectivity index (χ1v) is 6.53. The summed E-state index contributed by atoms with van der Waals surface area (Å²) in [7, 11) is 1.74. The molecule has 1 aromatic carbocycles. The molecule has 0 aliphatic heterocycles. The van der Waals surface area contributed by atoms with E-state index in [0.29, 0.717) is 17.9 Å². The molecule has 1 fully saturated rings. The molecule has 0 spiro atoms. The van der Waals surface area contributed by atoms with Gasteiger partial charge in [-0.05, 0) is 44.9 Å². The summed E-state index contributed by atoms with van der Waals surface area (Å²) in [5, 5.41) is 13.9. The summed E-state index contributed by atoms with van der Waals surface area (Å²) in [6.45, 7) is 1.58. The Balaban J connectivity index is 0.00000180. The molecule has 3 nitrogen and oxygen atoms in total. The van der Waals surface area contributed by atoms with Crippen LogP contribution < -0.4 is 5.32 Å². The van der Waals surface area contributed by atoms with Gasteiger partial charge in [-0.3, -0.25) is 4.79 Å². The number of ketones is 1. The van der Waals surface area contributed by atoms with Gasteiger partial charge in [0.1, 0.15) is 11.1 Å². The van der Waals surface area contributed by atoms with Crippen LogP contribution >= 0.6 is 24.0 Å². The second-order valence-corrected chi connectivity index (χ2v) is 5.50. The van der Waals surface area contributed by atoms with E-state index >= 15 is 0 Å². The van der Waals surface area contributed by atoms with Crippen LogP contribution in [0.1, 0.15) is 31.7 Å². The number of hydrogen-bond donors (Lipinski definition) is 2. The van der Waals surface area contributed by atoms with Crippen molar-refractivity contribution in [1.29, 1.82) is 0 Å². The van der Waals surface area contributed by atoms with Crippen LogP contribution in [0, 0.1) is 0 Å². The summed E-state index contributed by atoms with van der Waals surface area (Å²) in [4.78, 5) is 12.6. The average molecular weight is 304 g/mol. The van der Waals surface area contributed by atoms with Crippen LogP contribution in [0.5, 0.6) is 0 Å². The molecular formula is C14H19Cl2NO2. The second kappa shape index (κ2) is 5.80. The largest absolute Gasteiger partial charge is 0.382 e. The molecule has 2 atom stereocenters. The van der Waals surface area contributed by atoms with Gasteiger partial charge in [-0.2, -0.15) is 0 Å². The van der Waals surface area contributed by atoms with E-state index < -0.39 is 11.1 Å². The van der Waals surface area contributed by atoms with Gasteiger partial charge >= 0.3 is 0 Å². The van der Waals surface area contributed by atoms with Crippen molar-refractivity contribution < 1.29 is 9.90 Å². The number of likely N-dealkylation sites (N-methyl/N-ethyl adjacent to an activating group) is 1. The quantitative estimate of drug-likeness (QED) is 0.883. The van der Waals surface area contributed by atoms with Gasteiger partial charge in [0.05, 0.1) is 0 Å². The van der Waals surface area contributed by atoms with Gasteiger partial charge in [-0.15, -0.1) is 12.4 Å². The van der Waals surface area contributed by atoms with E-state index in [1.54, 1.807) is 20.0 Å². The lowest BCUT2D eigenvalue weighted by molar-refractivity contribution is -0.148. The lowest BCUT2D eigenvalue weighted by atomic mass is 9.69. The molecule has 0 aromatic heterocycles. The van der Waals surface area contributed by atoms with E-state index in [9.17, 15) is 9.90 Å². The monoisotopic (exact) mass is 303 g/mol. The van der Waals surface area contributed by atoms with Crippen LogP contribution in [0.15, 0.2) is 24.3 Å². The number of aliphatic hydroxyl groups is 1. The molecule has 5 heteroatoms. The summed E-state index contributed by atoms with van der Waals surface area (Å²) in [5.41, 5.74) is -1.42. The summed E-state index contributed by atoms with van der Waals surface area (Å²) in [6, 6.07) is 7.31. The highest BCUT2D eigenvalue weighted by Crippen LogP contribution is 2.41. The lowest BCUT2D eigenvalue weighted by Crippen LogP contribution is -2.59. The zero-order valence-electron chi connectivity index (χ0n) is 11.1. The minimum atomic E-state index is -1.29. The Morgan fingerprint density at radius 1 is 1.32 bits per heavy atom. The Morgan fingerprint density at radius 3 is 2.53 bits per heavy atom. The standard InChI is InChI=1S/C14H18ClNO2.ClH/c1-13(18)8-5-9-14(16-2,12(13)17)10-6-3-4-7-11(10)15;/h3-4,6-7,16,18H,5,8-9H2,1-2H3;1H/t13-,14-;/m1./s1. The van der Waals surface area contributed by atoms with Gasteiger partial charge < -0.3 is 10.4 Å². The van der Waals surface area contributed by atoms with Crippen molar-refractivity contribution in [3.05, 3.63) is 34.9 Å². The molecule has 1 aromatic rings. The van der Waals surface area contributed by atoms with Crippen LogP contribution in [0.2, 0.25) is 5.02 Å². The third-order valence-corrected chi connectivity index (χ3v) is 4.18. The van der Waals surface area contributed by atoms with Crippen LogP contribution in [0.25, 0.3) is 0 Å². The van der Waals surface area contributed by atoms with Crippen LogP contribution in [-0.4, -0.2) is 23.5 Å². The van der Waals surface area contributed by atoms with Gasteiger partial charge in [0, 0.05) is 5.02 Å². The van der Waals surface area contributed by atoms with E-state index in [2.05, 4.69) is 5.32 Å². The minimum Gasteiger partial charge on any atom is -0.382 e.